The maximum Gasteiger partial charge on any atom is 0.242 e. The summed E-state index contributed by atoms with van der Waals surface area (Å²) in [5, 5.41) is 7.67. The SMILES string of the molecule is CCCNC(=O)[C@H](C)NC(=O)C[C@@H]1Sc2ccccc2NC1=O. The molecule has 3 N–H and O–H groups in total. The lowest BCUT2D eigenvalue weighted by Gasteiger charge is -2.24. The number of hydrogen-bond donors (Lipinski definition) is 3. The van der Waals surface area contributed by atoms with Gasteiger partial charge in [0.2, 0.25) is 17.7 Å². The van der Waals surface area contributed by atoms with Crippen LogP contribution in [0.25, 0.3) is 0 Å². The summed E-state index contributed by atoms with van der Waals surface area (Å²) in [5.41, 5.74) is 0.770. The number of anilines is 1. The number of hydrogen-bond acceptors (Lipinski definition) is 4. The van der Waals surface area contributed by atoms with Crippen LogP contribution in [0.2, 0.25) is 0 Å². The highest BCUT2D eigenvalue weighted by Gasteiger charge is 2.29. The third kappa shape index (κ3) is 4.72. The summed E-state index contributed by atoms with van der Waals surface area (Å²) in [6.45, 7) is 4.17. The fourth-order valence-electron chi connectivity index (χ4n) is 2.16. The third-order valence-corrected chi connectivity index (χ3v) is 4.67. The van der Waals surface area contributed by atoms with Gasteiger partial charge in [0.1, 0.15) is 6.04 Å². The number of carbonyl (C=O) groups is 3. The van der Waals surface area contributed by atoms with Crippen LogP contribution in [0.15, 0.2) is 29.2 Å². The first-order chi connectivity index (χ1) is 11.0. The van der Waals surface area contributed by atoms with E-state index in [0.29, 0.717) is 6.54 Å². The Morgan fingerprint density at radius 3 is 2.83 bits per heavy atom. The standard InChI is InChI=1S/C16H21N3O3S/c1-3-8-17-15(21)10(2)18-14(20)9-13-16(22)19-11-6-4-5-7-12(11)23-13/h4-7,10,13H,3,8-9H2,1-2H3,(H,17,21)(H,18,20)(H,19,22)/t10-,13-/m0/s1. The normalized spacial score (nSPS) is 17.7. The molecule has 3 amide bonds. The first-order valence-corrected chi connectivity index (χ1v) is 8.53. The van der Waals surface area contributed by atoms with E-state index in [-0.39, 0.29) is 24.1 Å². The Balaban J connectivity index is 1.88. The molecule has 1 aliphatic heterocycles. The summed E-state index contributed by atoms with van der Waals surface area (Å²) in [4.78, 5) is 36.8. The number of nitrogens with one attached hydrogen (secondary N) is 3. The van der Waals surface area contributed by atoms with E-state index in [0.717, 1.165) is 17.0 Å². The zero-order chi connectivity index (χ0) is 16.8. The Kier molecular flexibility index (Phi) is 6.04. The second-order valence-electron chi connectivity index (χ2n) is 5.38. The molecular formula is C16H21N3O3S. The largest absolute Gasteiger partial charge is 0.354 e. The van der Waals surface area contributed by atoms with Crippen LogP contribution in [-0.4, -0.2) is 35.6 Å². The molecule has 0 bridgehead atoms. The van der Waals surface area contributed by atoms with E-state index in [1.54, 1.807) is 6.92 Å². The molecule has 124 valence electrons. The van der Waals surface area contributed by atoms with Gasteiger partial charge >= 0.3 is 0 Å². The molecule has 0 aromatic heterocycles. The molecule has 0 aliphatic carbocycles. The lowest BCUT2D eigenvalue weighted by atomic mass is 10.2. The molecule has 6 nitrogen and oxygen atoms in total. The van der Waals surface area contributed by atoms with Crippen LogP contribution < -0.4 is 16.0 Å². The van der Waals surface area contributed by atoms with Crippen molar-refractivity contribution < 1.29 is 14.4 Å². The van der Waals surface area contributed by atoms with Gasteiger partial charge in [-0.1, -0.05) is 19.1 Å². The summed E-state index contributed by atoms with van der Waals surface area (Å²) in [6.07, 6.45) is 0.876. The Bertz CT molecular complexity index is 606. The fourth-order valence-corrected chi connectivity index (χ4v) is 3.27. The van der Waals surface area contributed by atoms with Gasteiger partial charge in [0, 0.05) is 17.9 Å². The van der Waals surface area contributed by atoms with Gasteiger partial charge in [-0.3, -0.25) is 14.4 Å². The number of rotatable bonds is 6. The Hall–Kier alpha value is -2.02. The molecule has 7 heteroatoms. The Morgan fingerprint density at radius 1 is 1.35 bits per heavy atom. The minimum atomic E-state index is -0.613. The van der Waals surface area contributed by atoms with Gasteiger partial charge < -0.3 is 16.0 Å². The number of amides is 3. The van der Waals surface area contributed by atoms with E-state index in [9.17, 15) is 14.4 Å². The van der Waals surface area contributed by atoms with Gasteiger partial charge in [0.25, 0.3) is 0 Å². The van der Waals surface area contributed by atoms with E-state index in [4.69, 9.17) is 0 Å². The van der Waals surface area contributed by atoms with Crippen LogP contribution in [0.3, 0.4) is 0 Å². The van der Waals surface area contributed by atoms with Crippen molar-refractivity contribution in [1.29, 1.82) is 0 Å². The lowest BCUT2D eigenvalue weighted by molar-refractivity contribution is -0.129. The van der Waals surface area contributed by atoms with Crippen molar-refractivity contribution in [2.75, 3.05) is 11.9 Å². The number of fused-ring (bicyclic) bond motifs is 1. The predicted octanol–water partition coefficient (Wildman–Crippen LogP) is 1.52. The van der Waals surface area contributed by atoms with Crippen LogP contribution in [0.1, 0.15) is 26.7 Å². The van der Waals surface area contributed by atoms with E-state index < -0.39 is 11.3 Å². The summed E-state index contributed by atoms with van der Waals surface area (Å²) >= 11 is 1.37. The first-order valence-electron chi connectivity index (χ1n) is 7.65. The Morgan fingerprint density at radius 2 is 2.09 bits per heavy atom. The molecule has 2 rings (SSSR count). The van der Waals surface area contributed by atoms with Crippen molar-refractivity contribution in [1.82, 2.24) is 10.6 Å². The van der Waals surface area contributed by atoms with Crippen LogP contribution in [-0.2, 0) is 14.4 Å². The highest BCUT2D eigenvalue weighted by Crippen LogP contribution is 2.36. The minimum Gasteiger partial charge on any atom is -0.354 e. The van der Waals surface area contributed by atoms with Crippen molar-refractivity contribution in [3.8, 4) is 0 Å². The smallest absolute Gasteiger partial charge is 0.242 e. The average molecular weight is 335 g/mol. The molecule has 0 unspecified atom stereocenters. The van der Waals surface area contributed by atoms with E-state index in [2.05, 4.69) is 16.0 Å². The van der Waals surface area contributed by atoms with Crippen LogP contribution in [0, 0.1) is 0 Å². The monoisotopic (exact) mass is 335 g/mol. The van der Waals surface area contributed by atoms with E-state index in [1.165, 1.54) is 11.8 Å². The molecular weight excluding hydrogens is 314 g/mol. The van der Waals surface area contributed by atoms with Gasteiger partial charge in [-0.05, 0) is 25.5 Å². The second-order valence-corrected chi connectivity index (χ2v) is 6.62. The van der Waals surface area contributed by atoms with Crippen LogP contribution >= 0.6 is 11.8 Å². The van der Waals surface area contributed by atoms with Gasteiger partial charge in [0.15, 0.2) is 0 Å². The number of para-hydroxylation sites is 1. The van der Waals surface area contributed by atoms with Crippen molar-refractivity contribution in [3.05, 3.63) is 24.3 Å². The molecule has 0 saturated heterocycles. The van der Waals surface area contributed by atoms with Gasteiger partial charge in [-0.25, -0.2) is 0 Å². The van der Waals surface area contributed by atoms with Gasteiger partial charge in [-0.2, -0.15) is 0 Å². The summed E-state index contributed by atoms with van der Waals surface area (Å²) in [5.74, 6) is -0.714. The summed E-state index contributed by atoms with van der Waals surface area (Å²) < 4.78 is 0. The van der Waals surface area contributed by atoms with Crippen molar-refractivity contribution in [2.45, 2.75) is 42.9 Å². The molecule has 1 aromatic rings. The highest BCUT2D eigenvalue weighted by atomic mass is 32.2. The quantitative estimate of drug-likeness (QED) is 0.735. The molecule has 1 aliphatic rings. The van der Waals surface area contributed by atoms with Crippen molar-refractivity contribution in [2.24, 2.45) is 0 Å². The van der Waals surface area contributed by atoms with Crippen molar-refractivity contribution >= 4 is 35.2 Å². The second kappa shape index (κ2) is 8.01. The van der Waals surface area contributed by atoms with Crippen molar-refractivity contribution in [3.63, 3.8) is 0 Å². The number of carbonyl (C=O) groups excluding carboxylic acids is 3. The van der Waals surface area contributed by atoms with Crippen LogP contribution in [0.5, 0.6) is 0 Å². The maximum atomic E-state index is 12.1. The average Bonchev–Trinajstić information content (AvgIpc) is 2.53. The zero-order valence-corrected chi connectivity index (χ0v) is 14.0. The lowest BCUT2D eigenvalue weighted by Crippen LogP contribution is -2.46. The van der Waals surface area contributed by atoms with E-state index in [1.807, 2.05) is 31.2 Å². The van der Waals surface area contributed by atoms with Gasteiger partial charge in [0.05, 0.1) is 10.9 Å². The summed E-state index contributed by atoms with van der Waals surface area (Å²) in [7, 11) is 0. The molecule has 0 spiro atoms. The molecule has 2 atom stereocenters. The minimum absolute atomic E-state index is 0.0379. The molecule has 23 heavy (non-hydrogen) atoms. The first kappa shape index (κ1) is 17.3. The fraction of sp³-hybridized carbons (Fsp3) is 0.438. The third-order valence-electron chi connectivity index (χ3n) is 3.40. The predicted molar refractivity (Wildman–Crippen MR) is 90.2 cm³/mol. The molecule has 1 heterocycles. The maximum absolute atomic E-state index is 12.1. The van der Waals surface area contributed by atoms with E-state index >= 15 is 0 Å². The van der Waals surface area contributed by atoms with Gasteiger partial charge in [-0.15, -0.1) is 11.8 Å². The molecule has 0 fully saturated rings. The van der Waals surface area contributed by atoms with Crippen LogP contribution in [0.4, 0.5) is 5.69 Å². The molecule has 0 radical (unpaired) electrons. The topological polar surface area (TPSA) is 87.3 Å². The zero-order valence-electron chi connectivity index (χ0n) is 13.2. The molecule has 1 aromatic carbocycles. The summed E-state index contributed by atoms with van der Waals surface area (Å²) in [6, 6.07) is 6.86. The Labute approximate surface area is 139 Å². The number of thioether (sulfide) groups is 1. The number of benzene rings is 1. The highest BCUT2D eigenvalue weighted by molar-refractivity contribution is 8.01. The molecule has 0 saturated carbocycles.